The van der Waals surface area contributed by atoms with Crippen molar-refractivity contribution in [3.05, 3.63) is 70.2 Å². The van der Waals surface area contributed by atoms with Crippen LogP contribution in [0.3, 0.4) is 0 Å². The monoisotopic (exact) mass is 492 g/mol. The number of fused-ring (bicyclic) bond motifs is 1. The van der Waals surface area contributed by atoms with Gasteiger partial charge in [-0.3, -0.25) is 14.5 Å². The second-order valence-electron chi connectivity index (χ2n) is 8.79. The molecule has 1 fully saturated rings. The molecule has 0 bridgehead atoms. The van der Waals surface area contributed by atoms with E-state index in [4.69, 9.17) is 9.47 Å². The van der Waals surface area contributed by atoms with Crippen LogP contribution in [-0.2, 0) is 22.6 Å². The van der Waals surface area contributed by atoms with E-state index < -0.39 is 6.10 Å². The van der Waals surface area contributed by atoms with E-state index in [1.165, 1.54) is 11.3 Å². The van der Waals surface area contributed by atoms with Crippen molar-refractivity contribution in [2.24, 2.45) is 0 Å². The Hall–Kier alpha value is -3.43. The Bertz CT molecular complexity index is 1190. The number of rotatable bonds is 6. The summed E-state index contributed by atoms with van der Waals surface area (Å²) < 4.78 is 11.6. The largest absolute Gasteiger partial charge is 0.485 e. The minimum atomic E-state index is -0.608. The molecule has 5 rings (SSSR count). The van der Waals surface area contributed by atoms with Gasteiger partial charge in [-0.1, -0.05) is 29.8 Å². The molecule has 1 saturated heterocycles. The Balaban J connectivity index is 1.07. The van der Waals surface area contributed by atoms with Crippen molar-refractivity contribution in [1.82, 2.24) is 14.8 Å². The lowest BCUT2D eigenvalue weighted by Crippen LogP contribution is -2.53. The highest BCUT2D eigenvalue weighted by Gasteiger charge is 2.32. The molecule has 1 N–H and O–H groups in total. The van der Waals surface area contributed by atoms with Crippen molar-refractivity contribution >= 4 is 28.8 Å². The van der Waals surface area contributed by atoms with E-state index in [9.17, 15) is 9.59 Å². The average Bonchev–Trinajstić information content (AvgIpc) is 3.31. The first-order valence-corrected chi connectivity index (χ1v) is 12.6. The van der Waals surface area contributed by atoms with Crippen molar-refractivity contribution in [2.75, 3.05) is 38.1 Å². The average molecular weight is 493 g/mol. The third-order valence-corrected chi connectivity index (χ3v) is 7.00. The molecule has 3 aromatic rings. The summed E-state index contributed by atoms with van der Waals surface area (Å²) in [5.74, 6) is 1.19. The first-order valence-electron chi connectivity index (χ1n) is 11.7. The van der Waals surface area contributed by atoms with Crippen LogP contribution in [0.15, 0.2) is 53.9 Å². The number of hydrogen-bond acceptors (Lipinski definition) is 7. The van der Waals surface area contributed by atoms with Crippen LogP contribution in [0.4, 0.5) is 5.69 Å². The fraction of sp³-hybridized carbons (Fsp3) is 0.346. The maximum atomic E-state index is 12.9. The molecule has 2 aromatic carbocycles. The number of aryl methyl sites for hydroxylation is 1. The summed E-state index contributed by atoms with van der Waals surface area (Å²) in [6.07, 6.45) is -0.350. The van der Waals surface area contributed by atoms with Crippen LogP contribution in [0.2, 0.25) is 0 Å². The van der Waals surface area contributed by atoms with Gasteiger partial charge in [-0.2, -0.15) is 0 Å². The quantitative estimate of drug-likeness (QED) is 0.569. The number of piperazine rings is 1. The third kappa shape index (κ3) is 5.80. The zero-order valence-corrected chi connectivity index (χ0v) is 20.4. The van der Waals surface area contributed by atoms with Crippen LogP contribution in [0.5, 0.6) is 11.5 Å². The number of carbonyl (C=O) groups excluding carboxylic acids is 2. The van der Waals surface area contributed by atoms with Gasteiger partial charge in [0.25, 0.3) is 5.91 Å². The molecule has 0 unspecified atom stereocenters. The Labute approximate surface area is 208 Å². The van der Waals surface area contributed by atoms with Crippen LogP contribution in [0, 0.1) is 6.92 Å². The fourth-order valence-corrected chi connectivity index (χ4v) is 4.97. The lowest BCUT2D eigenvalue weighted by molar-refractivity contribution is -0.143. The number of thiazole rings is 1. The number of nitrogens with zero attached hydrogens (tertiary/aromatic N) is 3. The highest BCUT2D eigenvalue weighted by atomic mass is 32.1. The SMILES string of the molecule is Cc1ccc(NC(=O)Cc2nc(CN3CCN(C(=O)[C@@H]4COc5ccccc5O4)CC3)cs2)cc1. The minimum Gasteiger partial charge on any atom is -0.485 e. The number of benzene rings is 2. The van der Waals surface area contributed by atoms with E-state index in [-0.39, 0.29) is 24.8 Å². The summed E-state index contributed by atoms with van der Waals surface area (Å²) in [6, 6.07) is 15.2. The number of aromatic nitrogens is 1. The van der Waals surface area contributed by atoms with E-state index in [1.54, 1.807) is 0 Å². The molecular weight excluding hydrogens is 464 g/mol. The van der Waals surface area contributed by atoms with Crippen molar-refractivity contribution in [3.8, 4) is 11.5 Å². The predicted octanol–water partition coefficient (Wildman–Crippen LogP) is 3.12. The Morgan fingerprint density at radius 3 is 2.57 bits per heavy atom. The first kappa shape index (κ1) is 23.3. The molecule has 0 aliphatic carbocycles. The number of nitrogens with one attached hydrogen (secondary N) is 1. The summed E-state index contributed by atoms with van der Waals surface area (Å²) in [7, 11) is 0. The van der Waals surface area contributed by atoms with Gasteiger partial charge in [0.2, 0.25) is 12.0 Å². The molecule has 2 aliphatic rings. The molecule has 35 heavy (non-hydrogen) atoms. The van der Waals surface area contributed by atoms with Gasteiger partial charge in [0.1, 0.15) is 11.6 Å². The van der Waals surface area contributed by atoms with E-state index >= 15 is 0 Å². The summed E-state index contributed by atoms with van der Waals surface area (Å²) in [6.45, 7) is 5.74. The lowest BCUT2D eigenvalue weighted by atomic mass is 10.2. The number of anilines is 1. The normalized spacial score (nSPS) is 17.7. The van der Waals surface area contributed by atoms with Crippen molar-refractivity contribution in [1.29, 1.82) is 0 Å². The predicted molar refractivity (Wildman–Crippen MR) is 134 cm³/mol. The molecule has 182 valence electrons. The summed E-state index contributed by atoms with van der Waals surface area (Å²) >= 11 is 1.50. The summed E-state index contributed by atoms with van der Waals surface area (Å²) in [5, 5.41) is 5.73. The number of amides is 2. The second-order valence-corrected chi connectivity index (χ2v) is 9.73. The molecule has 3 heterocycles. The first-order chi connectivity index (χ1) is 17.0. The lowest BCUT2D eigenvalue weighted by Gasteiger charge is -2.36. The van der Waals surface area contributed by atoms with Gasteiger partial charge in [-0.15, -0.1) is 11.3 Å². The van der Waals surface area contributed by atoms with Gasteiger partial charge in [-0.25, -0.2) is 4.98 Å². The summed E-state index contributed by atoms with van der Waals surface area (Å²) in [4.78, 5) is 34.1. The van der Waals surface area contributed by atoms with Crippen LogP contribution < -0.4 is 14.8 Å². The fourth-order valence-electron chi connectivity index (χ4n) is 4.18. The number of hydrogen-bond donors (Lipinski definition) is 1. The Morgan fingerprint density at radius 2 is 1.80 bits per heavy atom. The number of para-hydroxylation sites is 2. The molecule has 0 radical (unpaired) electrons. The smallest absolute Gasteiger partial charge is 0.267 e. The van der Waals surface area contributed by atoms with Gasteiger partial charge in [0.05, 0.1) is 12.1 Å². The molecule has 0 saturated carbocycles. The second kappa shape index (κ2) is 10.5. The van der Waals surface area contributed by atoms with Crippen LogP contribution in [-0.4, -0.2) is 65.5 Å². The van der Waals surface area contributed by atoms with E-state index in [0.717, 1.165) is 35.0 Å². The zero-order valence-electron chi connectivity index (χ0n) is 19.6. The maximum absolute atomic E-state index is 12.9. The van der Waals surface area contributed by atoms with Crippen molar-refractivity contribution in [2.45, 2.75) is 26.0 Å². The van der Waals surface area contributed by atoms with Crippen LogP contribution in [0.1, 0.15) is 16.3 Å². The highest BCUT2D eigenvalue weighted by molar-refractivity contribution is 7.09. The Kier molecular flexibility index (Phi) is 6.96. The molecule has 8 nitrogen and oxygen atoms in total. The molecule has 1 aromatic heterocycles. The minimum absolute atomic E-state index is 0.0327. The topological polar surface area (TPSA) is 84.0 Å². The van der Waals surface area contributed by atoms with Gasteiger partial charge < -0.3 is 19.7 Å². The standard InChI is InChI=1S/C26H28N4O4S/c1-18-6-8-19(9-7-18)27-24(31)14-25-28-20(17-35-25)15-29-10-12-30(13-11-29)26(32)23-16-33-21-4-2-3-5-22(21)34-23/h2-9,17,23H,10-16H2,1H3,(H,27,31)/t23-/m0/s1. The van der Waals surface area contributed by atoms with Gasteiger partial charge >= 0.3 is 0 Å². The molecule has 1 atom stereocenters. The van der Waals surface area contributed by atoms with Crippen LogP contribution >= 0.6 is 11.3 Å². The number of carbonyl (C=O) groups is 2. The molecule has 2 amide bonds. The molecule has 2 aliphatic heterocycles. The van der Waals surface area contributed by atoms with Gasteiger partial charge in [-0.05, 0) is 31.2 Å². The number of ether oxygens (including phenoxy) is 2. The summed E-state index contributed by atoms with van der Waals surface area (Å²) in [5.41, 5.74) is 2.90. The maximum Gasteiger partial charge on any atom is 0.267 e. The zero-order chi connectivity index (χ0) is 24.2. The molecule has 9 heteroatoms. The molecular formula is C26H28N4O4S. The van der Waals surface area contributed by atoms with Crippen molar-refractivity contribution < 1.29 is 19.1 Å². The third-order valence-electron chi connectivity index (χ3n) is 6.10. The van der Waals surface area contributed by atoms with Gasteiger partial charge in [0.15, 0.2) is 11.5 Å². The Morgan fingerprint density at radius 1 is 1.06 bits per heavy atom. The van der Waals surface area contributed by atoms with E-state index in [0.29, 0.717) is 31.1 Å². The molecule has 0 spiro atoms. The van der Waals surface area contributed by atoms with E-state index in [1.807, 2.05) is 65.7 Å². The van der Waals surface area contributed by atoms with E-state index in [2.05, 4.69) is 15.2 Å². The van der Waals surface area contributed by atoms with Gasteiger partial charge in [0, 0.05) is 43.8 Å². The van der Waals surface area contributed by atoms with Crippen molar-refractivity contribution in [3.63, 3.8) is 0 Å². The highest BCUT2D eigenvalue weighted by Crippen LogP contribution is 2.31. The van der Waals surface area contributed by atoms with Crippen LogP contribution in [0.25, 0.3) is 0 Å².